The first-order chi connectivity index (χ1) is 17.9. The lowest BCUT2D eigenvalue weighted by Crippen LogP contribution is -2.54. The van der Waals surface area contributed by atoms with E-state index in [0.717, 1.165) is 5.56 Å². The van der Waals surface area contributed by atoms with Crippen molar-refractivity contribution in [1.82, 2.24) is 14.8 Å². The molecule has 3 atom stereocenters. The highest BCUT2D eigenvalue weighted by Crippen LogP contribution is 2.50. The highest BCUT2D eigenvalue weighted by molar-refractivity contribution is 6.31. The molecule has 3 aliphatic rings. The molecule has 1 saturated heterocycles. The summed E-state index contributed by atoms with van der Waals surface area (Å²) in [5.41, 5.74) is -1.75. The molecule has 2 fully saturated rings. The van der Waals surface area contributed by atoms with Crippen molar-refractivity contribution in [2.75, 3.05) is 18.9 Å². The van der Waals surface area contributed by atoms with Crippen LogP contribution in [0.2, 0.25) is 5.02 Å². The van der Waals surface area contributed by atoms with E-state index in [1.165, 1.54) is 30.7 Å². The van der Waals surface area contributed by atoms with Gasteiger partial charge in [0.25, 0.3) is 0 Å². The van der Waals surface area contributed by atoms with E-state index in [0.29, 0.717) is 29.1 Å². The number of rotatable bonds is 6. The fourth-order valence-electron chi connectivity index (χ4n) is 5.92. The van der Waals surface area contributed by atoms with Crippen molar-refractivity contribution in [3.63, 3.8) is 0 Å². The molecule has 0 radical (unpaired) electrons. The largest absolute Gasteiger partial charge is 0.333 e. The molecule has 0 unspecified atom stereocenters. The summed E-state index contributed by atoms with van der Waals surface area (Å²) in [6.07, 6.45) is 4.30. The van der Waals surface area contributed by atoms with Crippen molar-refractivity contribution >= 4 is 35.0 Å². The second-order valence-corrected chi connectivity index (χ2v) is 11.7. The normalized spacial score (nSPS) is 23.9. The molecule has 1 spiro atoms. The molecular formula is C28H29ClFN5O3. The predicted octanol–water partition coefficient (Wildman–Crippen LogP) is 3.75. The Hall–Kier alpha value is -3.51. The van der Waals surface area contributed by atoms with Crippen LogP contribution in [-0.2, 0) is 25.2 Å². The Kier molecular flexibility index (Phi) is 6.22. The van der Waals surface area contributed by atoms with Gasteiger partial charge >= 0.3 is 0 Å². The molecule has 2 aliphatic heterocycles. The SMILES string of the molecule is CN(C(=O)C1(c2cccnc2)CC1)[C@@H](CC(C)(C)F)C(=O)N1C[C@]2(C[C@H]1C#N)C(=O)Nc1ccc(Cl)cc12. The van der Waals surface area contributed by atoms with E-state index in [1.807, 2.05) is 6.07 Å². The molecule has 1 saturated carbocycles. The molecule has 8 nitrogen and oxygen atoms in total. The van der Waals surface area contributed by atoms with Crippen LogP contribution in [0.5, 0.6) is 0 Å². The maximum Gasteiger partial charge on any atom is 0.246 e. The van der Waals surface area contributed by atoms with Crippen molar-refractivity contribution in [3.05, 3.63) is 58.9 Å². The number of amides is 3. The van der Waals surface area contributed by atoms with Crippen molar-refractivity contribution in [1.29, 1.82) is 5.26 Å². The van der Waals surface area contributed by atoms with Gasteiger partial charge in [-0.1, -0.05) is 17.7 Å². The number of likely N-dealkylation sites (N-methyl/N-ethyl adjacent to an activating group) is 1. The van der Waals surface area contributed by atoms with Gasteiger partial charge in [-0.2, -0.15) is 5.26 Å². The third-order valence-electron chi connectivity index (χ3n) is 8.10. The summed E-state index contributed by atoms with van der Waals surface area (Å²) < 4.78 is 15.1. The molecule has 10 heteroatoms. The number of nitriles is 1. The number of carbonyl (C=O) groups is 3. The number of hydrogen-bond donors (Lipinski definition) is 1. The first kappa shape index (κ1) is 26.1. The lowest BCUT2D eigenvalue weighted by molar-refractivity contribution is -0.147. The van der Waals surface area contributed by atoms with Crippen LogP contribution in [0, 0.1) is 11.3 Å². The number of carbonyl (C=O) groups excluding carboxylic acids is 3. The molecule has 198 valence electrons. The topological polar surface area (TPSA) is 106 Å². The first-order valence-electron chi connectivity index (χ1n) is 12.6. The number of nitrogens with zero attached hydrogens (tertiary/aromatic N) is 4. The van der Waals surface area contributed by atoms with Gasteiger partial charge in [0.05, 0.1) is 16.9 Å². The van der Waals surface area contributed by atoms with E-state index >= 15 is 4.39 Å². The molecular weight excluding hydrogens is 509 g/mol. The lowest BCUT2D eigenvalue weighted by Gasteiger charge is -2.36. The number of pyridine rings is 1. The number of halogens is 2. The number of fused-ring (bicyclic) bond motifs is 2. The van der Waals surface area contributed by atoms with Crippen molar-refractivity contribution < 1.29 is 18.8 Å². The van der Waals surface area contributed by atoms with Crippen LogP contribution < -0.4 is 5.32 Å². The van der Waals surface area contributed by atoms with Gasteiger partial charge in [0.1, 0.15) is 17.8 Å². The molecule has 5 rings (SSSR count). The average molecular weight is 538 g/mol. The lowest BCUT2D eigenvalue weighted by atomic mass is 9.80. The Balaban J connectivity index is 1.48. The average Bonchev–Trinajstić information content (AvgIpc) is 3.54. The molecule has 2 aromatic rings. The Morgan fingerprint density at radius 2 is 2.11 bits per heavy atom. The maximum atomic E-state index is 15.1. The molecule has 38 heavy (non-hydrogen) atoms. The van der Waals surface area contributed by atoms with Crippen molar-refractivity contribution in [2.24, 2.45) is 0 Å². The minimum atomic E-state index is -1.77. The van der Waals surface area contributed by atoms with Crippen LogP contribution in [0.3, 0.4) is 0 Å². The summed E-state index contributed by atoms with van der Waals surface area (Å²) in [6.45, 7) is 2.65. The third kappa shape index (κ3) is 4.21. The summed E-state index contributed by atoms with van der Waals surface area (Å²) in [5, 5.41) is 13.3. The van der Waals surface area contributed by atoms with Crippen molar-refractivity contribution in [3.8, 4) is 6.07 Å². The minimum absolute atomic E-state index is 0.0672. The number of anilines is 1. The second-order valence-electron chi connectivity index (χ2n) is 11.2. The van der Waals surface area contributed by atoms with Gasteiger partial charge in [0, 0.05) is 49.5 Å². The van der Waals surface area contributed by atoms with E-state index in [2.05, 4.69) is 16.4 Å². The number of aromatic nitrogens is 1. The molecule has 1 aliphatic carbocycles. The van der Waals surface area contributed by atoms with E-state index in [-0.39, 0.29) is 31.2 Å². The number of hydrogen-bond acceptors (Lipinski definition) is 5. The summed E-state index contributed by atoms with van der Waals surface area (Å²) in [5.74, 6) is -1.16. The molecule has 1 aromatic heterocycles. The van der Waals surface area contributed by atoms with E-state index in [4.69, 9.17) is 11.6 Å². The number of benzene rings is 1. The molecule has 1 N–H and O–H groups in total. The van der Waals surface area contributed by atoms with Gasteiger partial charge < -0.3 is 15.1 Å². The Morgan fingerprint density at radius 1 is 1.37 bits per heavy atom. The van der Waals surface area contributed by atoms with Gasteiger partial charge in [0.15, 0.2) is 0 Å². The van der Waals surface area contributed by atoms with Crippen LogP contribution in [-0.4, -0.2) is 63.9 Å². The van der Waals surface area contributed by atoms with Crippen molar-refractivity contribution in [2.45, 2.75) is 68.1 Å². The van der Waals surface area contributed by atoms with Gasteiger partial charge in [-0.25, -0.2) is 4.39 Å². The Bertz CT molecular complexity index is 1350. The minimum Gasteiger partial charge on any atom is -0.333 e. The summed E-state index contributed by atoms with van der Waals surface area (Å²) >= 11 is 6.23. The molecule has 3 amide bonds. The fraction of sp³-hybridized carbons (Fsp3) is 0.464. The number of alkyl halides is 1. The summed E-state index contributed by atoms with van der Waals surface area (Å²) in [7, 11) is 1.51. The monoisotopic (exact) mass is 537 g/mol. The standard InChI is InChI=1S/C28H29ClFN5O3/c1-26(2,30)13-22(34(3)25(38)27(8-9-27)17-5-4-10-32-15-17)23(36)35-16-28(12-19(35)14-31)20-11-18(29)6-7-21(20)33-24(28)37/h4-7,10-11,15,19,22H,8-9,12-13,16H2,1-3H3,(H,33,37)/t19-,22-,28-/m0/s1. The maximum absolute atomic E-state index is 15.1. The Morgan fingerprint density at radius 3 is 2.71 bits per heavy atom. The number of nitrogens with one attached hydrogen (secondary N) is 1. The predicted molar refractivity (Wildman–Crippen MR) is 139 cm³/mol. The third-order valence-corrected chi connectivity index (χ3v) is 8.33. The first-order valence-corrected chi connectivity index (χ1v) is 13.0. The van der Waals surface area contributed by atoms with Crippen LogP contribution in [0.1, 0.15) is 50.7 Å². The smallest absolute Gasteiger partial charge is 0.246 e. The van der Waals surface area contributed by atoms with Crippen LogP contribution >= 0.6 is 11.6 Å². The van der Waals surface area contributed by atoms with Crippen LogP contribution in [0.4, 0.5) is 10.1 Å². The van der Waals surface area contributed by atoms with E-state index in [1.54, 1.807) is 36.7 Å². The molecule has 0 bridgehead atoms. The van der Waals surface area contributed by atoms with Gasteiger partial charge in [-0.3, -0.25) is 19.4 Å². The molecule has 1 aromatic carbocycles. The quantitative estimate of drug-likeness (QED) is 0.604. The van der Waals surface area contributed by atoms with Gasteiger partial charge in [-0.15, -0.1) is 0 Å². The Labute approximate surface area is 225 Å². The zero-order valence-electron chi connectivity index (χ0n) is 21.5. The zero-order valence-corrected chi connectivity index (χ0v) is 22.3. The summed E-state index contributed by atoms with van der Waals surface area (Å²) in [6, 6.07) is 8.69. The second kappa shape index (κ2) is 9.05. The summed E-state index contributed by atoms with van der Waals surface area (Å²) in [4.78, 5) is 47.9. The number of likely N-dealkylation sites (tertiary alicyclic amines) is 1. The fourth-order valence-corrected chi connectivity index (χ4v) is 6.09. The highest BCUT2D eigenvalue weighted by Gasteiger charge is 2.58. The molecule has 3 heterocycles. The zero-order chi connectivity index (χ0) is 27.5. The van der Waals surface area contributed by atoms with Crippen LogP contribution in [0.25, 0.3) is 0 Å². The van der Waals surface area contributed by atoms with Crippen LogP contribution in [0.15, 0.2) is 42.7 Å². The van der Waals surface area contributed by atoms with E-state index < -0.39 is 34.5 Å². The van der Waals surface area contributed by atoms with E-state index in [9.17, 15) is 19.6 Å². The highest BCUT2D eigenvalue weighted by atomic mass is 35.5. The van der Waals surface area contributed by atoms with Gasteiger partial charge in [0.2, 0.25) is 17.7 Å². The van der Waals surface area contributed by atoms with Gasteiger partial charge in [-0.05, 0) is 62.1 Å².